The molecule has 0 spiro atoms. The van der Waals surface area contributed by atoms with Crippen molar-refractivity contribution in [1.29, 1.82) is 0 Å². The molecule has 0 aromatic carbocycles. The highest BCUT2D eigenvalue weighted by atomic mass is 16.5. The van der Waals surface area contributed by atoms with Crippen molar-refractivity contribution in [3.8, 4) is 0 Å². The summed E-state index contributed by atoms with van der Waals surface area (Å²) < 4.78 is 10.4. The maximum atomic E-state index is 5.27. The Morgan fingerprint density at radius 2 is 2.12 bits per heavy atom. The second-order valence-corrected chi connectivity index (χ2v) is 3.99. The van der Waals surface area contributed by atoms with Gasteiger partial charge in [0.05, 0.1) is 12.3 Å². The van der Waals surface area contributed by atoms with Crippen molar-refractivity contribution >= 4 is 6.01 Å². The van der Waals surface area contributed by atoms with Crippen LogP contribution >= 0.6 is 0 Å². The summed E-state index contributed by atoms with van der Waals surface area (Å²) in [7, 11) is 0. The van der Waals surface area contributed by atoms with Crippen LogP contribution in [0, 0.1) is 0 Å². The minimum absolute atomic E-state index is 0.00969. The van der Waals surface area contributed by atoms with Gasteiger partial charge >= 0.3 is 6.01 Å². The van der Waals surface area contributed by atoms with E-state index >= 15 is 0 Å². The summed E-state index contributed by atoms with van der Waals surface area (Å²) in [5, 5.41) is 6.96. The fourth-order valence-electron chi connectivity index (χ4n) is 1.32. The molecule has 0 amide bonds. The fraction of sp³-hybridized carbons (Fsp3) is 0.455. The van der Waals surface area contributed by atoms with Crippen LogP contribution in [0.5, 0.6) is 0 Å². The van der Waals surface area contributed by atoms with Crippen LogP contribution in [0.1, 0.15) is 44.3 Å². The van der Waals surface area contributed by atoms with E-state index in [1.54, 1.807) is 6.26 Å². The molecule has 0 aliphatic carbocycles. The van der Waals surface area contributed by atoms with Gasteiger partial charge in [0.2, 0.25) is 0 Å². The van der Waals surface area contributed by atoms with E-state index in [0.717, 1.165) is 5.76 Å². The maximum Gasteiger partial charge on any atom is 0.322 e. The van der Waals surface area contributed by atoms with Gasteiger partial charge in [-0.3, -0.25) is 0 Å². The molecule has 16 heavy (non-hydrogen) atoms. The summed E-state index contributed by atoms with van der Waals surface area (Å²) in [6.07, 6.45) is 1.64. The third-order valence-corrected chi connectivity index (χ3v) is 2.27. The molecule has 2 heterocycles. The number of hydrogen-bond acceptors (Lipinski definition) is 5. The van der Waals surface area contributed by atoms with Gasteiger partial charge < -0.3 is 14.3 Å². The summed E-state index contributed by atoms with van der Waals surface area (Å²) in [5.41, 5.74) is 0. The molecule has 1 N–H and O–H groups in total. The van der Waals surface area contributed by atoms with Crippen molar-refractivity contribution in [3.05, 3.63) is 30.0 Å². The molecule has 0 fully saturated rings. The van der Waals surface area contributed by atoms with Gasteiger partial charge in [-0.2, -0.15) is 4.98 Å². The lowest BCUT2D eigenvalue weighted by atomic mass is 10.2. The van der Waals surface area contributed by atoms with Crippen LogP contribution in [0.15, 0.2) is 27.3 Å². The lowest BCUT2D eigenvalue weighted by Gasteiger charge is -2.07. The molecule has 2 rings (SSSR count). The first-order chi connectivity index (χ1) is 7.66. The molecule has 1 atom stereocenters. The second-order valence-electron chi connectivity index (χ2n) is 3.99. The summed E-state index contributed by atoms with van der Waals surface area (Å²) in [6.45, 7) is 6.01. The topological polar surface area (TPSA) is 64.1 Å². The summed E-state index contributed by atoms with van der Waals surface area (Å²) in [4.78, 5) is 4.23. The maximum absolute atomic E-state index is 5.27. The molecule has 2 aromatic heterocycles. The zero-order chi connectivity index (χ0) is 11.5. The molecule has 0 aliphatic rings. The van der Waals surface area contributed by atoms with E-state index in [-0.39, 0.29) is 12.0 Å². The Morgan fingerprint density at radius 3 is 2.69 bits per heavy atom. The van der Waals surface area contributed by atoms with E-state index in [4.69, 9.17) is 8.94 Å². The van der Waals surface area contributed by atoms with E-state index in [9.17, 15) is 0 Å². The smallest absolute Gasteiger partial charge is 0.322 e. The average Bonchev–Trinajstić information content (AvgIpc) is 2.87. The highest BCUT2D eigenvalue weighted by molar-refractivity contribution is 5.24. The van der Waals surface area contributed by atoms with Crippen molar-refractivity contribution < 1.29 is 8.94 Å². The molecule has 0 radical (unpaired) electrons. The third kappa shape index (κ3) is 2.24. The van der Waals surface area contributed by atoms with Gasteiger partial charge in [0.1, 0.15) is 5.76 Å². The molecule has 0 bridgehead atoms. The van der Waals surface area contributed by atoms with Crippen molar-refractivity contribution in [2.45, 2.75) is 32.7 Å². The normalized spacial score (nSPS) is 13.0. The van der Waals surface area contributed by atoms with Crippen LogP contribution < -0.4 is 5.32 Å². The van der Waals surface area contributed by atoms with Gasteiger partial charge in [0, 0.05) is 5.92 Å². The van der Waals surface area contributed by atoms with Crippen LogP contribution in [-0.4, -0.2) is 10.1 Å². The Labute approximate surface area is 93.8 Å². The summed E-state index contributed by atoms with van der Waals surface area (Å²) >= 11 is 0. The number of hydrogen-bond donors (Lipinski definition) is 1. The first-order valence-corrected chi connectivity index (χ1v) is 5.30. The highest BCUT2D eigenvalue weighted by Gasteiger charge is 2.13. The van der Waals surface area contributed by atoms with Crippen molar-refractivity contribution in [2.75, 3.05) is 5.32 Å². The number of rotatable bonds is 4. The van der Waals surface area contributed by atoms with E-state index in [1.165, 1.54) is 0 Å². The van der Waals surface area contributed by atoms with Gasteiger partial charge in [0.15, 0.2) is 5.82 Å². The number of nitrogens with zero attached hydrogens (tertiary/aromatic N) is 2. The third-order valence-electron chi connectivity index (χ3n) is 2.27. The van der Waals surface area contributed by atoms with E-state index in [2.05, 4.69) is 15.5 Å². The fourth-order valence-corrected chi connectivity index (χ4v) is 1.32. The van der Waals surface area contributed by atoms with Gasteiger partial charge in [-0.15, -0.1) is 0 Å². The Hall–Kier alpha value is -1.78. The van der Waals surface area contributed by atoms with Crippen molar-refractivity contribution in [2.24, 2.45) is 0 Å². The lowest BCUT2D eigenvalue weighted by Crippen LogP contribution is -2.05. The van der Waals surface area contributed by atoms with Crippen LogP contribution in [0.25, 0.3) is 0 Å². The molecular formula is C11H15N3O2. The molecule has 0 saturated heterocycles. The standard InChI is InChI=1S/C11H15N3O2/c1-7(2)10-13-11(16-14-10)12-8(3)9-5-4-6-15-9/h4-8H,1-3H3,(H,12,13,14). The summed E-state index contributed by atoms with van der Waals surface area (Å²) in [6, 6.07) is 4.18. The predicted octanol–water partition coefficient (Wildman–Crippen LogP) is 2.96. The molecule has 2 aromatic rings. The Balaban J connectivity index is 2.03. The SMILES string of the molecule is CC(C)c1noc(NC(C)c2ccco2)n1. The van der Waals surface area contributed by atoms with Gasteiger partial charge in [0.25, 0.3) is 0 Å². The molecule has 5 nitrogen and oxygen atoms in total. The second kappa shape index (κ2) is 4.38. The number of aromatic nitrogens is 2. The van der Waals surface area contributed by atoms with Crippen LogP contribution in [-0.2, 0) is 0 Å². The molecule has 1 unspecified atom stereocenters. The largest absolute Gasteiger partial charge is 0.467 e. The Kier molecular flexibility index (Phi) is 2.94. The summed E-state index contributed by atoms with van der Waals surface area (Å²) in [5.74, 6) is 1.80. The van der Waals surface area contributed by atoms with Crippen molar-refractivity contribution in [3.63, 3.8) is 0 Å². The predicted molar refractivity (Wildman–Crippen MR) is 59.1 cm³/mol. The molecular weight excluding hydrogens is 206 g/mol. The Bertz CT molecular complexity index is 434. The zero-order valence-electron chi connectivity index (χ0n) is 9.60. The molecule has 5 heteroatoms. The quantitative estimate of drug-likeness (QED) is 0.859. The minimum Gasteiger partial charge on any atom is -0.467 e. The zero-order valence-corrected chi connectivity index (χ0v) is 9.60. The number of nitrogens with one attached hydrogen (secondary N) is 1. The first-order valence-electron chi connectivity index (χ1n) is 5.30. The monoisotopic (exact) mass is 221 g/mol. The van der Waals surface area contributed by atoms with Crippen LogP contribution in [0.2, 0.25) is 0 Å². The Morgan fingerprint density at radius 1 is 1.31 bits per heavy atom. The molecule has 0 aliphatic heterocycles. The van der Waals surface area contributed by atoms with E-state index in [1.807, 2.05) is 32.9 Å². The van der Waals surface area contributed by atoms with Gasteiger partial charge in [-0.25, -0.2) is 0 Å². The lowest BCUT2D eigenvalue weighted by molar-refractivity contribution is 0.411. The number of anilines is 1. The van der Waals surface area contributed by atoms with E-state index in [0.29, 0.717) is 11.8 Å². The van der Waals surface area contributed by atoms with E-state index < -0.39 is 0 Å². The first kappa shape index (κ1) is 10.7. The van der Waals surface area contributed by atoms with Crippen molar-refractivity contribution in [1.82, 2.24) is 10.1 Å². The number of furan rings is 1. The van der Waals surface area contributed by atoms with Gasteiger partial charge in [-0.1, -0.05) is 19.0 Å². The molecule has 86 valence electrons. The molecule has 0 saturated carbocycles. The highest BCUT2D eigenvalue weighted by Crippen LogP contribution is 2.19. The average molecular weight is 221 g/mol. The van der Waals surface area contributed by atoms with Crippen LogP contribution in [0.4, 0.5) is 6.01 Å². The van der Waals surface area contributed by atoms with Gasteiger partial charge in [-0.05, 0) is 19.1 Å². The van der Waals surface area contributed by atoms with Crippen LogP contribution in [0.3, 0.4) is 0 Å². The minimum atomic E-state index is 0.00969.